The number of pyridine rings is 1. The van der Waals surface area contributed by atoms with Crippen LogP contribution in [-0.4, -0.2) is 10.9 Å². The fourth-order valence-electron chi connectivity index (χ4n) is 3.92. The molecule has 0 bridgehead atoms. The molecule has 4 aromatic rings. The van der Waals surface area contributed by atoms with E-state index in [1.807, 2.05) is 54.6 Å². The molecular weight excluding hydrogens is 406 g/mol. The quantitative estimate of drug-likeness (QED) is 0.379. The molecule has 0 spiro atoms. The Hall–Kier alpha value is -3.38. The number of nitrogens with one attached hydrogen (secondary N) is 1. The molecule has 0 fully saturated rings. The number of anilines is 2. The molecule has 6 heteroatoms. The SMILES string of the molecule is Nc1c(C(=O)Nc2ccc(Oc3ccccc3)cc2)sc2nc3c(cc12)CCCCC3. The molecular formula is C25H23N3O2S. The van der Waals surface area contributed by atoms with Crippen LogP contribution in [0.25, 0.3) is 10.2 Å². The molecule has 3 N–H and O–H groups in total. The van der Waals surface area contributed by atoms with Gasteiger partial charge in [-0.05, 0) is 73.7 Å². The van der Waals surface area contributed by atoms with Gasteiger partial charge in [0.2, 0.25) is 0 Å². The smallest absolute Gasteiger partial charge is 0.267 e. The van der Waals surface area contributed by atoms with Gasteiger partial charge in [0.1, 0.15) is 21.2 Å². The number of fused-ring (bicyclic) bond motifs is 2. The standard InChI is InChI=1S/C25H23N3O2S/c26-22-20-15-16-7-3-1-6-10-21(16)28-25(20)31-23(22)24(29)27-17-11-13-19(14-12-17)30-18-8-4-2-5-9-18/h2,4-5,8-9,11-15H,1,3,6-7,10,26H2,(H,27,29). The van der Waals surface area contributed by atoms with Crippen LogP contribution in [0.3, 0.4) is 0 Å². The Morgan fingerprint density at radius 1 is 0.968 bits per heavy atom. The molecule has 1 aliphatic rings. The highest BCUT2D eigenvalue weighted by Crippen LogP contribution is 2.35. The molecule has 2 aromatic heterocycles. The number of amides is 1. The lowest BCUT2D eigenvalue weighted by molar-refractivity contribution is 0.103. The summed E-state index contributed by atoms with van der Waals surface area (Å²) in [7, 11) is 0. The lowest BCUT2D eigenvalue weighted by Gasteiger charge is -2.08. The summed E-state index contributed by atoms with van der Waals surface area (Å²) in [6.45, 7) is 0. The second-order valence-electron chi connectivity index (χ2n) is 7.75. The first-order valence-electron chi connectivity index (χ1n) is 10.5. The maximum absolute atomic E-state index is 12.9. The Kier molecular flexibility index (Phi) is 5.30. The van der Waals surface area contributed by atoms with Crippen LogP contribution in [0.15, 0.2) is 60.7 Å². The zero-order valence-electron chi connectivity index (χ0n) is 17.1. The van der Waals surface area contributed by atoms with E-state index in [4.69, 9.17) is 15.5 Å². The van der Waals surface area contributed by atoms with Gasteiger partial charge in [0, 0.05) is 16.8 Å². The maximum Gasteiger partial charge on any atom is 0.267 e. The zero-order chi connectivity index (χ0) is 21.2. The maximum atomic E-state index is 12.9. The lowest BCUT2D eigenvalue weighted by atomic mass is 10.1. The van der Waals surface area contributed by atoms with Crippen molar-refractivity contribution in [3.8, 4) is 11.5 Å². The zero-order valence-corrected chi connectivity index (χ0v) is 17.9. The molecule has 2 aromatic carbocycles. The first-order chi connectivity index (χ1) is 15.2. The molecule has 0 aliphatic heterocycles. The predicted octanol–water partition coefficient (Wildman–Crippen LogP) is 6.19. The third-order valence-electron chi connectivity index (χ3n) is 5.55. The number of benzene rings is 2. The van der Waals surface area contributed by atoms with Crippen molar-refractivity contribution >= 4 is 38.8 Å². The topological polar surface area (TPSA) is 77.2 Å². The fraction of sp³-hybridized carbons (Fsp3) is 0.200. The van der Waals surface area contributed by atoms with Crippen LogP contribution in [0, 0.1) is 0 Å². The molecule has 31 heavy (non-hydrogen) atoms. The number of rotatable bonds is 4. The van der Waals surface area contributed by atoms with Gasteiger partial charge in [-0.3, -0.25) is 4.79 Å². The molecule has 1 aliphatic carbocycles. The number of nitrogens with two attached hydrogens (primary N) is 1. The number of aryl methyl sites for hydroxylation is 2. The van der Waals surface area contributed by atoms with Crippen molar-refractivity contribution < 1.29 is 9.53 Å². The van der Waals surface area contributed by atoms with Crippen LogP contribution in [0.5, 0.6) is 11.5 Å². The lowest BCUT2D eigenvalue weighted by Crippen LogP contribution is -2.11. The number of nitrogen functional groups attached to an aromatic ring is 1. The van der Waals surface area contributed by atoms with Gasteiger partial charge < -0.3 is 15.8 Å². The number of hydrogen-bond acceptors (Lipinski definition) is 5. The third kappa shape index (κ3) is 4.11. The summed E-state index contributed by atoms with van der Waals surface area (Å²) in [6.07, 6.45) is 5.63. The van der Waals surface area contributed by atoms with Crippen molar-refractivity contribution in [2.45, 2.75) is 32.1 Å². The molecule has 5 rings (SSSR count). The Morgan fingerprint density at radius 2 is 1.71 bits per heavy atom. The van der Waals surface area contributed by atoms with Crippen LogP contribution >= 0.6 is 11.3 Å². The van der Waals surface area contributed by atoms with Crippen LogP contribution < -0.4 is 15.8 Å². The van der Waals surface area contributed by atoms with Gasteiger partial charge in [0.05, 0.1) is 5.69 Å². The van der Waals surface area contributed by atoms with Crippen LogP contribution in [-0.2, 0) is 12.8 Å². The van der Waals surface area contributed by atoms with Crippen molar-refractivity contribution in [2.24, 2.45) is 0 Å². The molecule has 156 valence electrons. The van der Waals surface area contributed by atoms with E-state index in [2.05, 4.69) is 11.4 Å². The van der Waals surface area contributed by atoms with E-state index in [0.717, 1.165) is 34.5 Å². The molecule has 2 heterocycles. The van der Waals surface area contributed by atoms with Crippen molar-refractivity contribution in [1.82, 2.24) is 4.98 Å². The van der Waals surface area contributed by atoms with Gasteiger partial charge in [0.15, 0.2) is 0 Å². The molecule has 0 saturated carbocycles. The van der Waals surface area contributed by atoms with E-state index in [-0.39, 0.29) is 5.91 Å². The van der Waals surface area contributed by atoms with Crippen LogP contribution in [0.4, 0.5) is 11.4 Å². The summed E-state index contributed by atoms with van der Waals surface area (Å²) >= 11 is 1.36. The van der Waals surface area contributed by atoms with Gasteiger partial charge in [-0.1, -0.05) is 24.6 Å². The highest BCUT2D eigenvalue weighted by atomic mass is 32.1. The Bertz CT molecular complexity index is 1230. The molecule has 0 saturated heterocycles. The van der Waals surface area contributed by atoms with E-state index in [1.54, 1.807) is 0 Å². The molecule has 0 unspecified atom stereocenters. The summed E-state index contributed by atoms with van der Waals surface area (Å²) in [5.41, 5.74) is 10.00. The fourth-order valence-corrected chi connectivity index (χ4v) is 4.92. The average molecular weight is 430 g/mol. The number of hydrogen-bond donors (Lipinski definition) is 2. The van der Waals surface area contributed by atoms with Crippen molar-refractivity contribution in [2.75, 3.05) is 11.1 Å². The van der Waals surface area contributed by atoms with Crippen LogP contribution in [0.1, 0.15) is 40.2 Å². The van der Waals surface area contributed by atoms with Crippen LogP contribution in [0.2, 0.25) is 0 Å². The minimum Gasteiger partial charge on any atom is -0.457 e. The largest absolute Gasteiger partial charge is 0.457 e. The highest BCUT2D eigenvalue weighted by molar-refractivity contribution is 7.21. The van der Waals surface area contributed by atoms with Gasteiger partial charge in [-0.2, -0.15) is 0 Å². The number of carbonyl (C=O) groups is 1. The monoisotopic (exact) mass is 429 g/mol. The summed E-state index contributed by atoms with van der Waals surface area (Å²) in [6, 6.07) is 19.0. The summed E-state index contributed by atoms with van der Waals surface area (Å²) in [5, 5.41) is 3.83. The number of ether oxygens (including phenoxy) is 1. The normalized spacial score (nSPS) is 13.4. The second kappa shape index (κ2) is 8.40. The predicted molar refractivity (Wildman–Crippen MR) is 126 cm³/mol. The minimum absolute atomic E-state index is 0.215. The first kappa shape index (κ1) is 19.6. The van der Waals surface area contributed by atoms with Crippen molar-refractivity contribution in [3.05, 3.63) is 76.8 Å². The second-order valence-corrected chi connectivity index (χ2v) is 8.75. The number of carbonyl (C=O) groups excluding carboxylic acids is 1. The van der Waals surface area contributed by atoms with Gasteiger partial charge in [-0.15, -0.1) is 11.3 Å². The molecule has 5 nitrogen and oxygen atoms in total. The molecule has 0 atom stereocenters. The summed E-state index contributed by atoms with van der Waals surface area (Å²) in [4.78, 5) is 19.1. The van der Waals surface area contributed by atoms with Crippen molar-refractivity contribution in [3.63, 3.8) is 0 Å². The number of thiophene rings is 1. The Morgan fingerprint density at radius 3 is 2.52 bits per heavy atom. The summed E-state index contributed by atoms with van der Waals surface area (Å²) < 4.78 is 5.80. The van der Waals surface area contributed by atoms with Gasteiger partial charge in [0.25, 0.3) is 5.91 Å². The Balaban J connectivity index is 1.34. The highest BCUT2D eigenvalue weighted by Gasteiger charge is 2.20. The van der Waals surface area contributed by atoms with E-state index in [0.29, 0.717) is 22.0 Å². The van der Waals surface area contributed by atoms with E-state index < -0.39 is 0 Å². The average Bonchev–Trinajstić information content (AvgIpc) is 2.95. The number of nitrogens with zero attached hydrogens (tertiary/aromatic N) is 1. The number of aromatic nitrogens is 1. The first-order valence-corrected chi connectivity index (χ1v) is 11.3. The third-order valence-corrected chi connectivity index (χ3v) is 6.66. The summed E-state index contributed by atoms with van der Waals surface area (Å²) in [5.74, 6) is 1.26. The molecule has 1 amide bonds. The van der Waals surface area contributed by atoms with Gasteiger partial charge in [-0.25, -0.2) is 4.98 Å². The number of para-hydroxylation sites is 1. The van der Waals surface area contributed by atoms with E-state index in [1.165, 1.54) is 36.2 Å². The Labute approximate surface area is 184 Å². The molecule has 0 radical (unpaired) electrons. The van der Waals surface area contributed by atoms with E-state index in [9.17, 15) is 4.79 Å². The van der Waals surface area contributed by atoms with Gasteiger partial charge >= 0.3 is 0 Å². The minimum atomic E-state index is -0.215. The van der Waals surface area contributed by atoms with Crippen molar-refractivity contribution in [1.29, 1.82) is 0 Å². The van der Waals surface area contributed by atoms with E-state index >= 15 is 0 Å².